The van der Waals surface area contributed by atoms with Crippen LogP contribution >= 0.6 is 0 Å². The lowest BCUT2D eigenvalue weighted by molar-refractivity contribution is -0.140. The Bertz CT molecular complexity index is 894. The van der Waals surface area contributed by atoms with Crippen molar-refractivity contribution in [3.05, 3.63) is 35.0 Å². The van der Waals surface area contributed by atoms with Gasteiger partial charge < -0.3 is 0 Å². The smallest absolute Gasteiger partial charge is 0.252 e. The number of hydrogen-bond acceptors (Lipinski definition) is 2. The Kier molecular flexibility index (Phi) is 5.06. The molecule has 0 fully saturated rings. The fraction of sp³-hybridized carbons (Fsp3) is 0.286. The van der Waals surface area contributed by atoms with Crippen LogP contribution in [0.25, 0.3) is 22.2 Å². The molecule has 154 valence electrons. The molecule has 2 aromatic rings. The maximum Gasteiger partial charge on any atom is 0.421 e. The molecule has 0 bridgehead atoms. The first-order valence-corrected chi connectivity index (χ1v) is 6.73. The Morgan fingerprint density at radius 1 is 0.500 bits per heavy atom. The molecule has 1 aromatic carbocycles. The topological polar surface area (TPSA) is 25.8 Å². The number of hydrogen-bond donors (Lipinski definition) is 0. The lowest BCUT2D eigenvalue weighted by Gasteiger charge is -2.17. The van der Waals surface area contributed by atoms with Gasteiger partial charge in [-0.05, 0) is 0 Å². The molecule has 0 saturated carbocycles. The molecular formula is C14H4F12N2. The van der Waals surface area contributed by atoms with Gasteiger partial charge in [-0.25, -0.2) is 0 Å². The molecule has 0 N–H and O–H groups in total. The fourth-order valence-electron chi connectivity index (χ4n) is 2.39. The van der Waals surface area contributed by atoms with E-state index in [0.29, 0.717) is 12.4 Å². The van der Waals surface area contributed by atoms with E-state index in [1.807, 2.05) is 0 Å². The predicted molar refractivity (Wildman–Crippen MR) is 69.8 cm³/mol. The van der Waals surface area contributed by atoms with Gasteiger partial charge in [-0.2, -0.15) is 52.7 Å². The molecule has 0 aliphatic carbocycles. The third-order valence-corrected chi connectivity index (χ3v) is 3.30. The summed E-state index contributed by atoms with van der Waals surface area (Å²) < 4.78 is 155. The molecule has 1 aromatic heterocycles. The molecule has 2 rings (SSSR count). The molecule has 28 heavy (non-hydrogen) atoms. The van der Waals surface area contributed by atoms with E-state index < -0.39 is 57.3 Å². The molecule has 0 spiro atoms. The highest BCUT2D eigenvalue weighted by Crippen LogP contribution is 2.40. The average Bonchev–Trinajstić information content (AvgIpc) is 2.44. The van der Waals surface area contributed by atoms with Crippen molar-refractivity contribution in [2.24, 2.45) is 0 Å². The summed E-state index contributed by atoms with van der Waals surface area (Å²) in [6.45, 7) is 0. The van der Waals surface area contributed by atoms with Crippen molar-refractivity contribution in [1.29, 1.82) is 0 Å². The van der Waals surface area contributed by atoms with Crippen LogP contribution in [0.1, 0.15) is 0 Å². The summed E-state index contributed by atoms with van der Waals surface area (Å²) in [5.41, 5.74) is -9.12. The van der Waals surface area contributed by atoms with Gasteiger partial charge in [0.1, 0.15) is 11.1 Å². The second kappa shape index (κ2) is 6.51. The van der Waals surface area contributed by atoms with Gasteiger partial charge in [0.15, 0.2) is 0 Å². The van der Waals surface area contributed by atoms with Crippen LogP contribution in [0.4, 0.5) is 52.7 Å². The van der Waals surface area contributed by atoms with E-state index in [1.54, 1.807) is 0 Å². The summed E-state index contributed by atoms with van der Waals surface area (Å²) in [5, 5.41) is -3.51. The Morgan fingerprint density at radius 2 is 0.750 bits per heavy atom. The highest BCUT2D eigenvalue weighted by molar-refractivity contribution is 5.82. The highest BCUT2D eigenvalue weighted by Gasteiger charge is 2.53. The van der Waals surface area contributed by atoms with Crippen LogP contribution in [0, 0.1) is 0 Å². The van der Waals surface area contributed by atoms with Gasteiger partial charge in [0.25, 0.3) is 0 Å². The summed E-state index contributed by atoms with van der Waals surface area (Å²) in [4.78, 5) is 6.21. The number of aromatic nitrogens is 2. The van der Waals surface area contributed by atoms with E-state index in [4.69, 9.17) is 0 Å². The van der Waals surface area contributed by atoms with Gasteiger partial charge in [-0.3, -0.25) is 9.97 Å². The standard InChI is InChI=1S/C14H4F12N2/c15-11(16,17)9(12(18,19)20)5-1-2-6(8-7(5)27-3-4-28-8)10(13(21,22)23)14(24,25)26/h1-4H. The molecule has 0 aliphatic rings. The molecule has 1 heterocycles. The van der Waals surface area contributed by atoms with Crippen molar-refractivity contribution >= 4 is 22.2 Å². The van der Waals surface area contributed by atoms with Gasteiger partial charge >= 0.3 is 24.7 Å². The molecule has 0 saturated heterocycles. The van der Waals surface area contributed by atoms with Crippen LogP contribution in [-0.4, -0.2) is 34.7 Å². The van der Waals surface area contributed by atoms with Gasteiger partial charge in [-0.1, -0.05) is 12.1 Å². The summed E-state index contributed by atoms with van der Waals surface area (Å²) in [5.74, 6) is 0. The summed E-state index contributed by atoms with van der Waals surface area (Å²) in [7, 11) is 0. The van der Waals surface area contributed by atoms with E-state index in [2.05, 4.69) is 9.97 Å². The van der Waals surface area contributed by atoms with Crippen molar-refractivity contribution < 1.29 is 52.7 Å². The largest absolute Gasteiger partial charge is 0.421 e. The number of halogens is 12. The minimum Gasteiger partial charge on any atom is -0.252 e. The Labute approximate surface area is 145 Å². The monoisotopic (exact) mass is 428 g/mol. The Balaban J connectivity index is 3.25. The number of nitrogens with zero attached hydrogens (tertiary/aromatic N) is 2. The molecular weight excluding hydrogens is 424 g/mol. The first kappa shape index (κ1) is 21.8. The fourth-order valence-corrected chi connectivity index (χ4v) is 2.39. The molecule has 0 amide bonds. The minimum absolute atomic E-state index is 0.153. The third-order valence-electron chi connectivity index (χ3n) is 3.30. The second-order valence-corrected chi connectivity index (χ2v) is 5.16. The van der Waals surface area contributed by atoms with Crippen LogP contribution < -0.4 is 10.4 Å². The highest BCUT2D eigenvalue weighted by atomic mass is 19.4. The Morgan fingerprint density at radius 3 is 0.964 bits per heavy atom. The minimum atomic E-state index is -6.02. The third kappa shape index (κ3) is 4.14. The summed E-state index contributed by atoms with van der Waals surface area (Å²) >= 11 is 0. The first-order valence-electron chi connectivity index (χ1n) is 6.73. The van der Waals surface area contributed by atoms with E-state index in [1.165, 1.54) is 0 Å². The molecule has 0 unspecified atom stereocenters. The van der Waals surface area contributed by atoms with E-state index in [-0.39, 0.29) is 12.1 Å². The SMILES string of the molecule is FC(F)(F)C(=c1ccc(=C(C(F)(F)F)C(F)(F)F)c2nccnc12)C(F)(F)F. The van der Waals surface area contributed by atoms with E-state index >= 15 is 0 Å². The number of fused-ring (bicyclic) bond motifs is 1. The lowest BCUT2D eigenvalue weighted by Crippen LogP contribution is -2.35. The van der Waals surface area contributed by atoms with Crippen molar-refractivity contribution in [1.82, 2.24) is 9.97 Å². The van der Waals surface area contributed by atoms with Gasteiger partial charge in [0.05, 0.1) is 11.0 Å². The average molecular weight is 428 g/mol. The predicted octanol–water partition coefficient (Wildman–Crippen LogP) is 4.18. The molecule has 0 atom stereocenters. The molecule has 0 aliphatic heterocycles. The van der Waals surface area contributed by atoms with Gasteiger partial charge in [0, 0.05) is 22.8 Å². The molecule has 14 heteroatoms. The number of alkyl halides is 12. The van der Waals surface area contributed by atoms with Crippen molar-refractivity contribution in [2.75, 3.05) is 0 Å². The van der Waals surface area contributed by atoms with Crippen LogP contribution in [-0.2, 0) is 0 Å². The van der Waals surface area contributed by atoms with E-state index in [9.17, 15) is 52.7 Å². The van der Waals surface area contributed by atoms with Crippen molar-refractivity contribution in [3.8, 4) is 0 Å². The lowest BCUT2D eigenvalue weighted by atomic mass is 10.0. The van der Waals surface area contributed by atoms with E-state index in [0.717, 1.165) is 0 Å². The number of rotatable bonds is 0. The maximum atomic E-state index is 12.9. The van der Waals surface area contributed by atoms with Gasteiger partial charge in [0.2, 0.25) is 0 Å². The summed E-state index contributed by atoms with van der Waals surface area (Å²) in [6.07, 6.45) is -23.0. The normalized spacial score (nSPS) is 13.7. The Hall–Kier alpha value is -2.54. The second-order valence-electron chi connectivity index (χ2n) is 5.16. The zero-order chi connectivity index (χ0) is 21.7. The van der Waals surface area contributed by atoms with Crippen LogP contribution in [0.3, 0.4) is 0 Å². The number of benzene rings is 1. The zero-order valence-corrected chi connectivity index (χ0v) is 12.7. The molecule has 0 radical (unpaired) electrons. The van der Waals surface area contributed by atoms with Crippen LogP contribution in [0.5, 0.6) is 0 Å². The maximum absolute atomic E-state index is 12.9. The van der Waals surface area contributed by atoms with Crippen molar-refractivity contribution in [2.45, 2.75) is 24.7 Å². The summed E-state index contributed by atoms with van der Waals surface area (Å²) in [6, 6.07) is -0.305. The van der Waals surface area contributed by atoms with Gasteiger partial charge in [-0.15, -0.1) is 0 Å². The van der Waals surface area contributed by atoms with Crippen LogP contribution in [0.2, 0.25) is 0 Å². The zero-order valence-electron chi connectivity index (χ0n) is 12.7. The van der Waals surface area contributed by atoms with Crippen LogP contribution in [0.15, 0.2) is 24.5 Å². The van der Waals surface area contributed by atoms with Crippen molar-refractivity contribution in [3.63, 3.8) is 0 Å². The molecule has 2 nitrogen and oxygen atoms in total. The quantitative estimate of drug-likeness (QED) is 0.589. The first-order chi connectivity index (χ1) is 12.5.